The van der Waals surface area contributed by atoms with Crippen LogP contribution in [0.4, 0.5) is 4.39 Å². The normalized spacial score (nSPS) is 10.9. The molecule has 0 bridgehead atoms. The van der Waals surface area contributed by atoms with E-state index in [1.54, 1.807) is 30.6 Å². The zero-order chi connectivity index (χ0) is 10.8. The fraction of sp³-hybridized carbons (Fsp3) is 0.250. The fourth-order valence-electron chi connectivity index (χ4n) is 1.48. The highest BCUT2D eigenvalue weighted by Gasteiger charge is 2.07. The van der Waals surface area contributed by atoms with Gasteiger partial charge in [0.05, 0.1) is 0 Å². The predicted octanol–water partition coefficient (Wildman–Crippen LogP) is 3.13. The van der Waals surface area contributed by atoms with Crippen molar-refractivity contribution in [2.75, 3.05) is 0 Å². The Hall–Kier alpha value is -1.64. The van der Waals surface area contributed by atoms with E-state index in [0.717, 1.165) is 5.56 Å². The van der Waals surface area contributed by atoms with E-state index in [2.05, 4.69) is 5.10 Å². The van der Waals surface area contributed by atoms with Crippen LogP contribution in [-0.2, 0) is 0 Å². The van der Waals surface area contributed by atoms with Gasteiger partial charge in [0, 0.05) is 12.4 Å². The minimum Gasteiger partial charge on any atom is -0.238 e. The van der Waals surface area contributed by atoms with Gasteiger partial charge in [-0.05, 0) is 29.7 Å². The van der Waals surface area contributed by atoms with Crippen molar-refractivity contribution < 1.29 is 4.39 Å². The number of aromatic nitrogens is 2. The molecule has 0 aliphatic heterocycles. The molecule has 0 N–H and O–H groups in total. The van der Waals surface area contributed by atoms with E-state index < -0.39 is 0 Å². The monoisotopic (exact) mass is 204 g/mol. The highest BCUT2D eigenvalue weighted by molar-refractivity contribution is 5.36. The van der Waals surface area contributed by atoms with Gasteiger partial charge in [0.2, 0.25) is 0 Å². The molecule has 3 heteroatoms. The molecule has 2 nitrogen and oxygen atoms in total. The van der Waals surface area contributed by atoms with Gasteiger partial charge >= 0.3 is 0 Å². The van der Waals surface area contributed by atoms with Crippen molar-refractivity contribution in [2.24, 2.45) is 0 Å². The molecule has 15 heavy (non-hydrogen) atoms. The first kappa shape index (κ1) is 9.90. The van der Waals surface area contributed by atoms with Crippen molar-refractivity contribution in [3.05, 3.63) is 48.0 Å². The van der Waals surface area contributed by atoms with Crippen LogP contribution in [-0.4, -0.2) is 9.78 Å². The van der Waals surface area contributed by atoms with Gasteiger partial charge < -0.3 is 0 Å². The fourth-order valence-corrected chi connectivity index (χ4v) is 1.48. The molecule has 0 aliphatic carbocycles. The average Bonchev–Trinajstić information content (AvgIpc) is 2.70. The van der Waals surface area contributed by atoms with Crippen molar-refractivity contribution in [2.45, 2.75) is 19.8 Å². The van der Waals surface area contributed by atoms with E-state index in [9.17, 15) is 4.39 Å². The molecule has 0 unspecified atom stereocenters. The van der Waals surface area contributed by atoms with Gasteiger partial charge in [0.1, 0.15) is 11.5 Å². The Kier molecular flexibility index (Phi) is 2.54. The van der Waals surface area contributed by atoms with Crippen molar-refractivity contribution >= 4 is 0 Å². The second-order valence-electron chi connectivity index (χ2n) is 3.82. The summed E-state index contributed by atoms with van der Waals surface area (Å²) in [5.74, 6) is 0.107. The molecular formula is C12H13FN2. The number of rotatable bonds is 2. The summed E-state index contributed by atoms with van der Waals surface area (Å²) in [7, 11) is 0. The van der Waals surface area contributed by atoms with Gasteiger partial charge in [0.15, 0.2) is 0 Å². The van der Waals surface area contributed by atoms with Gasteiger partial charge in [-0.25, -0.2) is 9.07 Å². The third-order valence-corrected chi connectivity index (χ3v) is 2.39. The highest BCUT2D eigenvalue weighted by atomic mass is 19.1. The van der Waals surface area contributed by atoms with Gasteiger partial charge in [-0.2, -0.15) is 5.10 Å². The van der Waals surface area contributed by atoms with Gasteiger partial charge in [0.25, 0.3) is 0 Å². The second-order valence-corrected chi connectivity index (χ2v) is 3.82. The summed E-state index contributed by atoms with van der Waals surface area (Å²) in [5, 5.41) is 4.00. The highest BCUT2D eigenvalue weighted by Crippen LogP contribution is 2.19. The molecule has 0 amide bonds. The van der Waals surface area contributed by atoms with E-state index in [1.165, 1.54) is 4.68 Å². The topological polar surface area (TPSA) is 17.8 Å². The summed E-state index contributed by atoms with van der Waals surface area (Å²) in [6, 6.07) is 7.04. The Bertz CT molecular complexity index is 447. The zero-order valence-electron chi connectivity index (χ0n) is 8.81. The summed E-state index contributed by atoms with van der Waals surface area (Å²) in [6.45, 7) is 4.09. The largest absolute Gasteiger partial charge is 0.238 e. The summed E-state index contributed by atoms with van der Waals surface area (Å²) in [5.41, 5.74) is 1.49. The van der Waals surface area contributed by atoms with E-state index in [4.69, 9.17) is 0 Å². The van der Waals surface area contributed by atoms with Crippen LogP contribution in [0.15, 0.2) is 36.7 Å². The number of benzene rings is 1. The molecule has 0 spiro atoms. The number of nitrogens with zero attached hydrogens (tertiary/aromatic N) is 2. The van der Waals surface area contributed by atoms with Crippen molar-refractivity contribution in [1.29, 1.82) is 0 Å². The molecule has 0 atom stereocenters. The molecule has 0 saturated heterocycles. The molecule has 0 radical (unpaired) electrons. The number of hydrogen-bond donors (Lipinski definition) is 0. The quantitative estimate of drug-likeness (QED) is 0.734. The Morgan fingerprint density at radius 2 is 2.13 bits per heavy atom. The summed E-state index contributed by atoms with van der Waals surface area (Å²) < 4.78 is 15.2. The van der Waals surface area contributed by atoms with Crippen LogP contribution >= 0.6 is 0 Å². The lowest BCUT2D eigenvalue weighted by Gasteiger charge is -2.08. The van der Waals surface area contributed by atoms with Gasteiger partial charge in [-0.15, -0.1) is 0 Å². The Morgan fingerprint density at radius 1 is 1.33 bits per heavy atom. The lowest BCUT2D eigenvalue weighted by atomic mass is 10.0. The first-order valence-electron chi connectivity index (χ1n) is 4.98. The second kappa shape index (κ2) is 3.85. The van der Waals surface area contributed by atoms with Crippen LogP contribution in [0.1, 0.15) is 25.3 Å². The molecule has 0 aliphatic rings. The molecule has 1 aromatic heterocycles. The first-order chi connectivity index (χ1) is 7.18. The van der Waals surface area contributed by atoms with Crippen molar-refractivity contribution in [1.82, 2.24) is 9.78 Å². The standard InChI is InChI=1S/C12H13FN2/c1-9(2)10-4-5-12(11(13)8-10)15-7-3-6-14-15/h3-9H,1-2H3. The molecule has 0 saturated carbocycles. The molecule has 0 fully saturated rings. The smallest absolute Gasteiger partial charge is 0.149 e. The molecular weight excluding hydrogens is 191 g/mol. The zero-order valence-corrected chi connectivity index (χ0v) is 8.81. The van der Waals surface area contributed by atoms with E-state index in [-0.39, 0.29) is 5.82 Å². The maximum atomic E-state index is 13.7. The van der Waals surface area contributed by atoms with Gasteiger partial charge in [-0.1, -0.05) is 19.9 Å². The van der Waals surface area contributed by atoms with Crippen LogP contribution in [0.3, 0.4) is 0 Å². The molecule has 2 rings (SSSR count). The number of hydrogen-bond acceptors (Lipinski definition) is 1. The molecule has 1 heterocycles. The third-order valence-electron chi connectivity index (χ3n) is 2.39. The van der Waals surface area contributed by atoms with Crippen LogP contribution in [0, 0.1) is 5.82 Å². The van der Waals surface area contributed by atoms with Gasteiger partial charge in [-0.3, -0.25) is 0 Å². The van der Waals surface area contributed by atoms with Crippen LogP contribution in [0.2, 0.25) is 0 Å². The Morgan fingerprint density at radius 3 is 2.67 bits per heavy atom. The molecule has 1 aromatic carbocycles. The summed E-state index contributed by atoms with van der Waals surface area (Å²) in [4.78, 5) is 0. The van der Waals surface area contributed by atoms with Crippen LogP contribution in [0.5, 0.6) is 0 Å². The third kappa shape index (κ3) is 1.91. The van der Waals surface area contributed by atoms with Crippen LogP contribution < -0.4 is 0 Å². The minimum absolute atomic E-state index is 0.232. The van der Waals surface area contributed by atoms with Crippen LogP contribution in [0.25, 0.3) is 5.69 Å². The lowest BCUT2D eigenvalue weighted by Crippen LogP contribution is -1.99. The first-order valence-corrected chi connectivity index (χ1v) is 4.98. The van der Waals surface area contributed by atoms with E-state index in [0.29, 0.717) is 11.6 Å². The Balaban J connectivity index is 2.44. The maximum absolute atomic E-state index is 13.7. The SMILES string of the molecule is CC(C)c1ccc(-n2cccn2)c(F)c1. The Labute approximate surface area is 88.4 Å². The maximum Gasteiger partial charge on any atom is 0.149 e. The molecule has 78 valence electrons. The van der Waals surface area contributed by atoms with Crippen molar-refractivity contribution in [3.8, 4) is 5.69 Å². The summed E-state index contributed by atoms with van der Waals surface area (Å²) in [6.07, 6.45) is 3.36. The lowest BCUT2D eigenvalue weighted by molar-refractivity contribution is 0.606. The minimum atomic E-state index is -0.232. The predicted molar refractivity (Wildman–Crippen MR) is 57.6 cm³/mol. The van der Waals surface area contributed by atoms with Crippen molar-refractivity contribution in [3.63, 3.8) is 0 Å². The van der Waals surface area contributed by atoms with E-state index >= 15 is 0 Å². The number of halogens is 1. The average molecular weight is 204 g/mol. The molecule has 2 aromatic rings. The van der Waals surface area contributed by atoms with E-state index in [1.807, 2.05) is 19.9 Å². The summed E-state index contributed by atoms with van der Waals surface area (Å²) >= 11 is 0.